The minimum atomic E-state index is -0.297. The smallest absolute Gasteiger partial charge is 0.126 e. The second kappa shape index (κ2) is 7.26. The van der Waals surface area contributed by atoms with Gasteiger partial charge in [-0.15, -0.1) is 0 Å². The van der Waals surface area contributed by atoms with Crippen LogP contribution in [0.25, 0.3) is 11.1 Å². The van der Waals surface area contributed by atoms with Crippen LogP contribution in [-0.2, 0) is 12.8 Å². The van der Waals surface area contributed by atoms with Crippen LogP contribution in [0.3, 0.4) is 0 Å². The maximum atomic E-state index is 14.1. The van der Waals surface area contributed by atoms with Crippen LogP contribution >= 0.6 is 0 Å². The van der Waals surface area contributed by atoms with Gasteiger partial charge in [-0.1, -0.05) is 30.3 Å². The number of benzene rings is 3. The average molecular weight is 324 g/mol. The molecule has 24 heavy (non-hydrogen) atoms. The first-order valence-corrected chi connectivity index (χ1v) is 7.83. The molecule has 0 spiro atoms. The summed E-state index contributed by atoms with van der Waals surface area (Å²) in [5.41, 5.74) is 3.28. The van der Waals surface area contributed by atoms with Crippen molar-refractivity contribution in [3.63, 3.8) is 0 Å². The minimum absolute atomic E-state index is 0.238. The Kier molecular flexibility index (Phi) is 4.90. The predicted molar refractivity (Wildman–Crippen MR) is 92.2 cm³/mol. The second-order valence-electron chi connectivity index (χ2n) is 5.67. The van der Waals surface area contributed by atoms with E-state index in [0.717, 1.165) is 22.4 Å². The summed E-state index contributed by atoms with van der Waals surface area (Å²) in [6, 6.07) is 19.0. The van der Waals surface area contributed by atoms with E-state index in [9.17, 15) is 8.78 Å². The molecule has 0 saturated carbocycles. The first kappa shape index (κ1) is 16.2. The van der Waals surface area contributed by atoms with Crippen LogP contribution < -0.4 is 4.74 Å². The van der Waals surface area contributed by atoms with Crippen LogP contribution in [0.1, 0.15) is 11.1 Å². The molecule has 0 bridgehead atoms. The van der Waals surface area contributed by atoms with Gasteiger partial charge in [-0.3, -0.25) is 0 Å². The van der Waals surface area contributed by atoms with Crippen molar-refractivity contribution >= 4 is 0 Å². The SMILES string of the molecule is COc1cccc(CCc2cc(-c3cccc(F)c3)ccc2F)c1. The Morgan fingerprint density at radius 1 is 0.792 bits per heavy atom. The molecule has 0 radical (unpaired) electrons. The van der Waals surface area contributed by atoms with Gasteiger partial charge in [0.2, 0.25) is 0 Å². The summed E-state index contributed by atoms with van der Waals surface area (Å²) in [6.45, 7) is 0. The lowest BCUT2D eigenvalue weighted by Gasteiger charge is -2.09. The van der Waals surface area contributed by atoms with E-state index in [-0.39, 0.29) is 11.6 Å². The summed E-state index contributed by atoms with van der Waals surface area (Å²) in [4.78, 5) is 0. The molecule has 0 heterocycles. The molecule has 0 unspecified atom stereocenters. The molecular formula is C21H18F2O. The molecule has 0 N–H and O–H groups in total. The summed E-state index contributed by atoms with van der Waals surface area (Å²) >= 11 is 0. The van der Waals surface area contributed by atoms with Crippen molar-refractivity contribution < 1.29 is 13.5 Å². The number of hydrogen-bond acceptors (Lipinski definition) is 1. The Balaban J connectivity index is 1.81. The molecule has 0 amide bonds. The van der Waals surface area contributed by atoms with E-state index >= 15 is 0 Å². The van der Waals surface area contributed by atoms with E-state index in [4.69, 9.17) is 4.74 Å². The van der Waals surface area contributed by atoms with Crippen molar-refractivity contribution in [3.8, 4) is 16.9 Å². The van der Waals surface area contributed by atoms with E-state index in [1.165, 1.54) is 18.2 Å². The van der Waals surface area contributed by atoms with Gasteiger partial charge < -0.3 is 4.74 Å². The van der Waals surface area contributed by atoms with Crippen molar-refractivity contribution in [2.75, 3.05) is 7.11 Å². The highest BCUT2D eigenvalue weighted by Gasteiger charge is 2.07. The van der Waals surface area contributed by atoms with Crippen molar-refractivity contribution in [3.05, 3.63) is 89.5 Å². The molecule has 3 rings (SSSR count). The normalized spacial score (nSPS) is 10.6. The molecule has 3 aromatic carbocycles. The maximum Gasteiger partial charge on any atom is 0.126 e. The number of rotatable bonds is 5. The van der Waals surface area contributed by atoms with Crippen molar-refractivity contribution in [2.24, 2.45) is 0 Å². The fourth-order valence-corrected chi connectivity index (χ4v) is 2.72. The zero-order valence-electron chi connectivity index (χ0n) is 13.4. The molecule has 0 aromatic heterocycles. The van der Waals surface area contributed by atoms with Gasteiger partial charge in [0.25, 0.3) is 0 Å². The van der Waals surface area contributed by atoms with Gasteiger partial charge in [-0.2, -0.15) is 0 Å². The maximum absolute atomic E-state index is 14.1. The Hall–Kier alpha value is -2.68. The van der Waals surface area contributed by atoms with Crippen LogP contribution in [0.5, 0.6) is 5.75 Å². The molecule has 3 heteroatoms. The van der Waals surface area contributed by atoms with Crippen molar-refractivity contribution in [2.45, 2.75) is 12.8 Å². The summed E-state index contributed by atoms with van der Waals surface area (Å²) in [7, 11) is 1.63. The Bertz CT molecular complexity index is 843. The first-order valence-electron chi connectivity index (χ1n) is 7.83. The molecule has 1 nitrogen and oxygen atoms in total. The topological polar surface area (TPSA) is 9.23 Å². The third-order valence-electron chi connectivity index (χ3n) is 4.02. The van der Waals surface area contributed by atoms with Crippen LogP contribution in [0.4, 0.5) is 8.78 Å². The fourth-order valence-electron chi connectivity index (χ4n) is 2.72. The molecule has 0 aliphatic carbocycles. The lowest BCUT2D eigenvalue weighted by atomic mass is 9.98. The highest BCUT2D eigenvalue weighted by molar-refractivity contribution is 5.64. The standard InChI is InChI=1S/C21H18F2O/c1-24-20-7-2-4-15(12-20)8-9-18-13-17(10-11-21(18)23)16-5-3-6-19(22)14-16/h2-7,10-14H,8-9H2,1H3. The van der Waals surface area contributed by atoms with E-state index in [1.807, 2.05) is 30.3 Å². The monoisotopic (exact) mass is 324 g/mol. The van der Waals surface area contributed by atoms with Gasteiger partial charge in [0.05, 0.1) is 7.11 Å². The van der Waals surface area contributed by atoms with Gasteiger partial charge >= 0.3 is 0 Å². The number of halogens is 2. The molecule has 0 aliphatic heterocycles. The molecular weight excluding hydrogens is 306 g/mol. The highest BCUT2D eigenvalue weighted by Crippen LogP contribution is 2.24. The third-order valence-corrected chi connectivity index (χ3v) is 4.02. The number of aryl methyl sites for hydroxylation is 2. The average Bonchev–Trinajstić information content (AvgIpc) is 2.61. The Morgan fingerprint density at radius 2 is 1.58 bits per heavy atom. The minimum Gasteiger partial charge on any atom is -0.497 e. The van der Waals surface area contributed by atoms with E-state index < -0.39 is 0 Å². The lowest BCUT2D eigenvalue weighted by molar-refractivity contribution is 0.414. The molecule has 0 aliphatic rings. The molecule has 3 aromatic rings. The molecule has 0 fully saturated rings. The fraction of sp³-hybridized carbons (Fsp3) is 0.143. The van der Waals surface area contributed by atoms with Crippen LogP contribution in [0, 0.1) is 11.6 Å². The zero-order valence-corrected chi connectivity index (χ0v) is 13.4. The van der Waals surface area contributed by atoms with Crippen LogP contribution in [0.15, 0.2) is 66.7 Å². The van der Waals surface area contributed by atoms with Gasteiger partial charge in [-0.05, 0) is 71.5 Å². The van der Waals surface area contributed by atoms with Gasteiger partial charge in [0.15, 0.2) is 0 Å². The quantitative estimate of drug-likeness (QED) is 0.608. The highest BCUT2D eigenvalue weighted by atomic mass is 19.1. The largest absolute Gasteiger partial charge is 0.497 e. The van der Waals surface area contributed by atoms with Crippen molar-refractivity contribution in [1.29, 1.82) is 0 Å². The molecule has 0 atom stereocenters. The number of hydrogen-bond donors (Lipinski definition) is 0. The number of ether oxygens (including phenoxy) is 1. The van der Waals surface area contributed by atoms with E-state index in [1.54, 1.807) is 25.3 Å². The van der Waals surface area contributed by atoms with Crippen molar-refractivity contribution in [1.82, 2.24) is 0 Å². The predicted octanol–water partition coefficient (Wildman–Crippen LogP) is 5.43. The third kappa shape index (κ3) is 3.80. The van der Waals surface area contributed by atoms with Gasteiger partial charge in [-0.25, -0.2) is 8.78 Å². The lowest BCUT2D eigenvalue weighted by Crippen LogP contribution is -1.96. The van der Waals surface area contributed by atoms with Gasteiger partial charge in [0, 0.05) is 0 Å². The van der Waals surface area contributed by atoms with E-state index in [0.29, 0.717) is 18.4 Å². The summed E-state index contributed by atoms with van der Waals surface area (Å²) in [6.07, 6.45) is 1.28. The van der Waals surface area contributed by atoms with Gasteiger partial charge in [0.1, 0.15) is 17.4 Å². The van der Waals surface area contributed by atoms with E-state index in [2.05, 4.69) is 0 Å². The van der Waals surface area contributed by atoms with Crippen LogP contribution in [0.2, 0.25) is 0 Å². The zero-order chi connectivity index (χ0) is 16.9. The summed E-state index contributed by atoms with van der Waals surface area (Å²) < 4.78 is 32.7. The second-order valence-corrected chi connectivity index (χ2v) is 5.67. The molecule has 0 saturated heterocycles. The summed E-state index contributed by atoms with van der Waals surface area (Å²) in [5.74, 6) is 0.259. The number of methoxy groups -OCH3 is 1. The first-order chi connectivity index (χ1) is 11.7. The Labute approximate surface area is 140 Å². The summed E-state index contributed by atoms with van der Waals surface area (Å²) in [5, 5.41) is 0. The molecule has 122 valence electrons. The van der Waals surface area contributed by atoms with Crippen LogP contribution in [-0.4, -0.2) is 7.11 Å². The Morgan fingerprint density at radius 3 is 2.38 bits per heavy atom.